The fourth-order valence-electron chi connectivity index (χ4n) is 1.26. The van der Waals surface area contributed by atoms with Crippen LogP contribution in [0.15, 0.2) is 6.20 Å². The second-order valence-corrected chi connectivity index (χ2v) is 4.94. The number of nitrogens with zero attached hydrogens (tertiary/aromatic N) is 2. The average molecular weight is 293 g/mol. The lowest BCUT2D eigenvalue weighted by molar-refractivity contribution is 0.0535. The molecule has 1 aromatic heterocycles. The molecule has 0 spiro atoms. The van der Waals surface area contributed by atoms with Crippen LogP contribution in [0.3, 0.4) is 0 Å². The van der Waals surface area contributed by atoms with Gasteiger partial charge in [-0.25, -0.2) is 9.78 Å². The number of carbonyl (C=O) groups excluding carboxylic acids is 1. The van der Waals surface area contributed by atoms with Gasteiger partial charge >= 0.3 is 12.1 Å². The molecule has 0 aliphatic rings. The second kappa shape index (κ2) is 7.33. The van der Waals surface area contributed by atoms with E-state index in [1.165, 1.54) is 20.4 Å². The molecule has 0 aromatic carbocycles. The largest absolute Gasteiger partial charge is 0.480 e. The molecule has 0 saturated carbocycles. The summed E-state index contributed by atoms with van der Waals surface area (Å²) in [5.41, 5.74) is -0.0332. The smallest absolute Gasteiger partial charge is 0.408 e. The predicted molar refractivity (Wildman–Crippen MR) is 76.3 cm³/mol. The molecule has 0 fully saturated rings. The van der Waals surface area contributed by atoms with Gasteiger partial charge in [-0.2, -0.15) is 4.98 Å². The number of nitrogens with one attached hydrogen (secondary N) is 1. The minimum Gasteiger partial charge on any atom is -0.480 e. The first kappa shape index (κ1) is 16.6. The Bertz CT molecular complexity index is 556. The van der Waals surface area contributed by atoms with Crippen molar-refractivity contribution in [2.24, 2.45) is 0 Å². The van der Waals surface area contributed by atoms with Crippen molar-refractivity contribution in [3.05, 3.63) is 11.8 Å². The lowest BCUT2D eigenvalue weighted by Gasteiger charge is -2.19. The highest BCUT2D eigenvalue weighted by atomic mass is 16.6. The van der Waals surface area contributed by atoms with Crippen molar-refractivity contribution < 1.29 is 19.0 Å². The zero-order chi connectivity index (χ0) is 15.9. The average Bonchev–Trinajstić information content (AvgIpc) is 2.41. The number of ether oxygens (including phenoxy) is 3. The Hall–Kier alpha value is -2.49. The van der Waals surface area contributed by atoms with Gasteiger partial charge in [-0.15, -0.1) is 0 Å². The fraction of sp³-hybridized carbons (Fsp3) is 0.500. The maximum absolute atomic E-state index is 11.4. The Morgan fingerprint density at radius 3 is 2.62 bits per heavy atom. The van der Waals surface area contributed by atoms with E-state index in [1.54, 1.807) is 20.8 Å². The molecule has 0 aliphatic heterocycles. The highest BCUT2D eigenvalue weighted by Crippen LogP contribution is 2.15. The molecular weight excluding hydrogens is 274 g/mol. The maximum Gasteiger partial charge on any atom is 0.408 e. The summed E-state index contributed by atoms with van der Waals surface area (Å²) in [6.07, 6.45) is 0.972. The molecule has 0 bridgehead atoms. The molecule has 1 aromatic rings. The van der Waals surface area contributed by atoms with Gasteiger partial charge in [0.2, 0.25) is 5.88 Å². The zero-order valence-corrected chi connectivity index (χ0v) is 12.8. The molecule has 0 atom stereocenters. The van der Waals surface area contributed by atoms with Gasteiger partial charge in [0.15, 0.2) is 0 Å². The van der Waals surface area contributed by atoms with Gasteiger partial charge in [0.25, 0.3) is 0 Å². The standard InChI is InChI=1S/C14H19N3O4/c1-14(2,3)21-13(18)15-8-6-7-10-9-16-12(20-5)17-11(10)19-4/h9H,8H2,1-5H3,(H,15,18). The van der Waals surface area contributed by atoms with E-state index in [0.29, 0.717) is 11.4 Å². The molecule has 0 unspecified atom stereocenters. The van der Waals surface area contributed by atoms with E-state index in [1.807, 2.05) is 0 Å². The Labute approximate surface area is 124 Å². The fourth-order valence-corrected chi connectivity index (χ4v) is 1.26. The minimum atomic E-state index is -0.537. The molecule has 7 heteroatoms. The van der Waals surface area contributed by atoms with Crippen LogP contribution in [-0.4, -0.2) is 42.4 Å². The molecule has 1 rings (SSSR count). The van der Waals surface area contributed by atoms with Crippen molar-refractivity contribution in [1.82, 2.24) is 15.3 Å². The molecule has 7 nitrogen and oxygen atoms in total. The van der Waals surface area contributed by atoms with Crippen molar-refractivity contribution in [3.63, 3.8) is 0 Å². The van der Waals surface area contributed by atoms with Gasteiger partial charge in [-0.3, -0.25) is 0 Å². The number of rotatable bonds is 3. The van der Waals surface area contributed by atoms with Crippen molar-refractivity contribution >= 4 is 6.09 Å². The van der Waals surface area contributed by atoms with Crippen LogP contribution in [0.2, 0.25) is 0 Å². The van der Waals surface area contributed by atoms with Crippen LogP contribution in [-0.2, 0) is 4.74 Å². The predicted octanol–water partition coefficient (Wildman–Crippen LogP) is 1.37. The number of amides is 1. The van der Waals surface area contributed by atoms with E-state index in [2.05, 4.69) is 27.1 Å². The van der Waals surface area contributed by atoms with Gasteiger partial charge in [0.1, 0.15) is 11.2 Å². The minimum absolute atomic E-state index is 0.143. The van der Waals surface area contributed by atoms with E-state index in [0.717, 1.165) is 0 Å². The SMILES string of the molecule is COc1ncc(C#CCNC(=O)OC(C)(C)C)c(OC)n1. The molecule has 1 amide bonds. The Morgan fingerprint density at radius 2 is 2.05 bits per heavy atom. The number of carbonyl (C=O) groups is 1. The number of aromatic nitrogens is 2. The molecular formula is C14H19N3O4. The third kappa shape index (κ3) is 5.99. The van der Waals surface area contributed by atoms with Crippen molar-refractivity contribution in [2.75, 3.05) is 20.8 Å². The summed E-state index contributed by atoms with van der Waals surface area (Å²) in [4.78, 5) is 19.4. The van der Waals surface area contributed by atoms with E-state index in [-0.39, 0.29) is 12.6 Å². The van der Waals surface area contributed by atoms with Gasteiger partial charge < -0.3 is 19.5 Å². The summed E-state index contributed by atoms with van der Waals surface area (Å²) in [5.74, 6) is 5.89. The van der Waals surface area contributed by atoms with Crippen LogP contribution in [0.4, 0.5) is 4.79 Å². The number of hydrogen-bond donors (Lipinski definition) is 1. The number of alkyl carbamates (subject to hydrolysis) is 1. The molecule has 0 saturated heterocycles. The van der Waals surface area contributed by atoms with Crippen molar-refractivity contribution in [2.45, 2.75) is 26.4 Å². The summed E-state index contributed by atoms with van der Waals surface area (Å²) in [7, 11) is 2.94. The maximum atomic E-state index is 11.4. The second-order valence-electron chi connectivity index (χ2n) is 4.94. The first-order chi connectivity index (χ1) is 9.85. The van der Waals surface area contributed by atoms with Crippen molar-refractivity contribution in [3.8, 4) is 23.7 Å². The highest BCUT2D eigenvalue weighted by molar-refractivity contribution is 5.68. The number of methoxy groups -OCH3 is 2. The van der Waals surface area contributed by atoms with Crippen LogP contribution in [0.1, 0.15) is 26.3 Å². The van der Waals surface area contributed by atoms with E-state index >= 15 is 0 Å². The Morgan fingerprint density at radius 1 is 1.33 bits per heavy atom. The highest BCUT2D eigenvalue weighted by Gasteiger charge is 2.15. The van der Waals surface area contributed by atoms with Crippen LogP contribution in [0, 0.1) is 11.8 Å². The van der Waals surface area contributed by atoms with Gasteiger partial charge in [-0.1, -0.05) is 11.8 Å². The molecule has 21 heavy (non-hydrogen) atoms. The molecule has 0 radical (unpaired) electrons. The van der Waals surface area contributed by atoms with Crippen molar-refractivity contribution in [1.29, 1.82) is 0 Å². The van der Waals surface area contributed by atoms with Gasteiger partial charge in [-0.05, 0) is 20.8 Å². The zero-order valence-electron chi connectivity index (χ0n) is 12.8. The monoisotopic (exact) mass is 293 g/mol. The summed E-state index contributed by atoms with van der Waals surface area (Å²) >= 11 is 0. The lowest BCUT2D eigenvalue weighted by atomic mass is 10.2. The van der Waals surface area contributed by atoms with E-state index in [4.69, 9.17) is 14.2 Å². The summed E-state index contributed by atoms with van der Waals surface area (Å²) < 4.78 is 15.1. The molecule has 0 aliphatic carbocycles. The topological polar surface area (TPSA) is 82.6 Å². The molecule has 1 N–H and O–H groups in total. The van der Waals surface area contributed by atoms with E-state index in [9.17, 15) is 4.79 Å². The molecule has 114 valence electrons. The van der Waals surface area contributed by atoms with Crippen LogP contribution in [0.5, 0.6) is 11.9 Å². The Kier molecular flexibility index (Phi) is 5.79. The Balaban J connectivity index is 2.61. The lowest BCUT2D eigenvalue weighted by Crippen LogP contribution is -2.32. The van der Waals surface area contributed by atoms with Crippen LogP contribution < -0.4 is 14.8 Å². The normalized spacial score (nSPS) is 10.1. The third-order valence-electron chi connectivity index (χ3n) is 2.05. The molecule has 1 heterocycles. The van der Waals surface area contributed by atoms with Gasteiger partial charge in [0, 0.05) is 0 Å². The third-order valence-corrected chi connectivity index (χ3v) is 2.05. The van der Waals surface area contributed by atoms with Crippen LogP contribution >= 0.6 is 0 Å². The summed E-state index contributed by atoms with van der Waals surface area (Å²) in [6, 6.07) is 0.198. The first-order valence-corrected chi connectivity index (χ1v) is 6.26. The first-order valence-electron chi connectivity index (χ1n) is 6.26. The van der Waals surface area contributed by atoms with E-state index < -0.39 is 11.7 Å². The quantitative estimate of drug-likeness (QED) is 0.848. The number of hydrogen-bond acceptors (Lipinski definition) is 6. The summed E-state index contributed by atoms with van der Waals surface area (Å²) in [5, 5.41) is 2.53. The van der Waals surface area contributed by atoms with Crippen LogP contribution in [0.25, 0.3) is 0 Å². The van der Waals surface area contributed by atoms with Gasteiger partial charge in [0.05, 0.1) is 27.0 Å². The summed E-state index contributed by atoms with van der Waals surface area (Å²) in [6.45, 7) is 5.51.